The molecular weight excluding hydrogens is 440 g/mol. The molecule has 0 amide bonds. The molecule has 35 heavy (non-hydrogen) atoms. The standard InChI is InChI=1S/C27H24N2O4.2CH4/c1-20(33-32)19-29-17-14-22(24-10-3-5-12-26(24)29)8-6-7-21-13-16-28(18-15-27(30)31)25-11-4-2-9-23(21)25;;/h2-14,16-17H,1,15,18-19H2,(H-,30,31,32);2*1H4. The Morgan fingerprint density at radius 1 is 1.11 bits per heavy atom. The number of rotatable bonds is 8. The molecule has 0 fully saturated rings. The monoisotopic (exact) mass is 472 g/mol. The van der Waals surface area contributed by atoms with Crippen molar-refractivity contribution in [1.29, 1.82) is 0 Å². The summed E-state index contributed by atoms with van der Waals surface area (Å²) >= 11 is 0. The number of nitrogens with zero attached hydrogens (tertiary/aromatic N) is 2. The molecule has 0 bridgehead atoms. The molecule has 0 aliphatic carbocycles. The smallest absolute Gasteiger partial charge is 0.305 e. The van der Waals surface area contributed by atoms with E-state index in [0.717, 1.165) is 33.3 Å². The van der Waals surface area contributed by atoms with Gasteiger partial charge in [-0.3, -0.25) is 4.79 Å². The molecule has 0 saturated carbocycles. The summed E-state index contributed by atoms with van der Waals surface area (Å²) in [7, 11) is 0. The Kier molecular flexibility index (Phi) is 9.55. The van der Waals surface area contributed by atoms with E-state index < -0.39 is 5.97 Å². The Balaban J connectivity index is 0.00000216. The van der Waals surface area contributed by atoms with Gasteiger partial charge in [-0.2, -0.15) is 4.57 Å². The van der Waals surface area contributed by atoms with E-state index >= 15 is 0 Å². The van der Waals surface area contributed by atoms with Gasteiger partial charge in [-0.05, 0) is 29.3 Å². The Hall–Kier alpha value is -4.16. The maximum atomic E-state index is 11.0. The number of hydrogen-bond donors (Lipinski definition) is 1. The van der Waals surface area contributed by atoms with E-state index in [9.17, 15) is 10.1 Å². The number of allylic oxidation sites excluding steroid dienone is 5. The molecule has 1 aromatic heterocycles. The van der Waals surface area contributed by atoms with Crippen LogP contribution in [0.2, 0.25) is 0 Å². The number of hydrogen-bond acceptors (Lipinski definition) is 4. The average Bonchev–Trinajstić information content (AvgIpc) is 2.84. The quantitative estimate of drug-likeness (QED) is 0.213. The SMILES string of the molecule is C.C.C=C(C[n+]1ccc(/C=C/C=C2\C=CN(CCC(=O)O)c3ccccc32)c2ccccc21)O[O-]. The molecular formula is C29H32N2O4. The van der Waals surface area contributed by atoms with Crippen LogP contribution in [0.15, 0.2) is 97.6 Å². The first kappa shape index (κ1) is 27.1. The van der Waals surface area contributed by atoms with Crippen LogP contribution in [0.1, 0.15) is 32.4 Å². The molecule has 1 aliphatic rings. The first-order valence-electron chi connectivity index (χ1n) is 10.6. The number of aliphatic carboxylic acids is 1. The van der Waals surface area contributed by atoms with Gasteiger partial charge < -0.3 is 20.2 Å². The van der Waals surface area contributed by atoms with Gasteiger partial charge in [0.25, 0.3) is 0 Å². The van der Waals surface area contributed by atoms with Crippen molar-refractivity contribution in [1.82, 2.24) is 0 Å². The number of pyridine rings is 1. The second-order valence-electron chi connectivity index (χ2n) is 7.69. The van der Waals surface area contributed by atoms with Crippen LogP contribution in [0.4, 0.5) is 5.69 Å². The highest BCUT2D eigenvalue weighted by molar-refractivity contribution is 5.89. The third-order valence-electron chi connectivity index (χ3n) is 5.50. The highest BCUT2D eigenvalue weighted by atomic mass is 17.1. The molecule has 6 heteroatoms. The molecule has 6 nitrogen and oxygen atoms in total. The van der Waals surface area contributed by atoms with E-state index in [0.29, 0.717) is 6.54 Å². The van der Waals surface area contributed by atoms with E-state index in [1.54, 1.807) is 0 Å². The van der Waals surface area contributed by atoms with Gasteiger partial charge in [-0.1, -0.05) is 70.0 Å². The summed E-state index contributed by atoms with van der Waals surface area (Å²) in [5.74, 6) is -0.662. The van der Waals surface area contributed by atoms with Crippen LogP contribution in [-0.2, 0) is 16.2 Å². The first-order chi connectivity index (χ1) is 16.1. The fourth-order valence-corrected chi connectivity index (χ4v) is 3.93. The summed E-state index contributed by atoms with van der Waals surface area (Å²) in [5, 5.41) is 20.7. The van der Waals surface area contributed by atoms with Crippen LogP contribution >= 0.6 is 0 Å². The number of carboxylic acids is 1. The van der Waals surface area contributed by atoms with Gasteiger partial charge in [0, 0.05) is 36.1 Å². The molecule has 0 unspecified atom stereocenters. The zero-order valence-corrected chi connectivity index (χ0v) is 18.1. The predicted molar refractivity (Wildman–Crippen MR) is 140 cm³/mol. The van der Waals surface area contributed by atoms with Crippen LogP contribution < -0.4 is 14.7 Å². The molecule has 0 radical (unpaired) electrons. The van der Waals surface area contributed by atoms with E-state index in [1.165, 1.54) is 0 Å². The molecule has 2 heterocycles. The first-order valence-corrected chi connectivity index (χ1v) is 10.6. The van der Waals surface area contributed by atoms with E-state index in [4.69, 9.17) is 5.11 Å². The maximum Gasteiger partial charge on any atom is 0.305 e. The third-order valence-corrected chi connectivity index (χ3v) is 5.50. The molecule has 1 N–H and O–H groups in total. The lowest BCUT2D eigenvalue weighted by Gasteiger charge is -2.27. The van der Waals surface area contributed by atoms with E-state index in [2.05, 4.69) is 11.5 Å². The van der Waals surface area contributed by atoms with Crippen molar-refractivity contribution < 1.29 is 24.6 Å². The zero-order valence-electron chi connectivity index (χ0n) is 18.1. The van der Waals surface area contributed by atoms with Crippen molar-refractivity contribution in [3.05, 3.63) is 109 Å². The lowest BCUT2D eigenvalue weighted by molar-refractivity contribution is -0.708. The van der Waals surface area contributed by atoms with Crippen LogP contribution in [0, 0.1) is 0 Å². The largest absolute Gasteiger partial charge is 0.664 e. The second-order valence-corrected chi connectivity index (χ2v) is 7.69. The van der Waals surface area contributed by atoms with Crippen molar-refractivity contribution in [3.8, 4) is 0 Å². The Bertz CT molecular complexity index is 1290. The highest BCUT2D eigenvalue weighted by Crippen LogP contribution is 2.32. The predicted octanol–water partition coefficient (Wildman–Crippen LogP) is 5.11. The van der Waals surface area contributed by atoms with Crippen LogP contribution in [0.5, 0.6) is 0 Å². The summed E-state index contributed by atoms with van der Waals surface area (Å²) in [5.41, 5.74) is 5.12. The molecule has 0 saturated heterocycles. The summed E-state index contributed by atoms with van der Waals surface area (Å²) in [6.07, 6.45) is 12.0. The minimum Gasteiger partial charge on any atom is -0.664 e. The van der Waals surface area contributed by atoms with Crippen LogP contribution in [0.25, 0.3) is 22.6 Å². The van der Waals surface area contributed by atoms with Crippen molar-refractivity contribution in [2.24, 2.45) is 0 Å². The number of benzene rings is 2. The summed E-state index contributed by atoms with van der Waals surface area (Å²) in [4.78, 5) is 16.9. The lowest BCUT2D eigenvalue weighted by Crippen LogP contribution is -2.36. The number of anilines is 1. The minimum atomic E-state index is -0.813. The maximum absolute atomic E-state index is 11.0. The zero-order chi connectivity index (χ0) is 23.2. The molecule has 182 valence electrons. The fourth-order valence-electron chi connectivity index (χ4n) is 3.93. The molecule has 2 aromatic carbocycles. The summed E-state index contributed by atoms with van der Waals surface area (Å²) in [6, 6.07) is 17.9. The van der Waals surface area contributed by atoms with Crippen LogP contribution in [-0.4, -0.2) is 17.6 Å². The highest BCUT2D eigenvalue weighted by Gasteiger charge is 2.16. The molecule has 1 aliphatic heterocycles. The van der Waals surface area contributed by atoms with Crippen LogP contribution in [0.3, 0.4) is 0 Å². The van der Waals surface area contributed by atoms with E-state index in [-0.39, 0.29) is 33.6 Å². The number of para-hydroxylation sites is 2. The lowest BCUT2D eigenvalue weighted by atomic mass is 9.99. The van der Waals surface area contributed by atoms with Crippen molar-refractivity contribution in [2.45, 2.75) is 27.8 Å². The Morgan fingerprint density at radius 3 is 2.63 bits per heavy atom. The molecule has 0 atom stereocenters. The number of fused-ring (bicyclic) bond motifs is 2. The number of aromatic nitrogens is 1. The Labute approximate surface area is 207 Å². The van der Waals surface area contributed by atoms with Gasteiger partial charge >= 0.3 is 5.97 Å². The van der Waals surface area contributed by atoms with E-state index in [1.807, 2.05) is 101 Å². The topological polar surface area (TPSA) is 76.7 Å². The average molecular weight is 473 g/mol. The van der Waals surface area contributed by atoms with Crippen molar-refractivity contribution in [2.75, 3.05) is 11.4 Å². The van der Waals surface area contributed by atoms with Gasteiger partial charge in [-0.15, -0.1) is 0 Å². The van der Waals surface area contributed by atoms with Gasteiger partial charge in [0.05, 0.1) is 11.8 Å². The molecule has 0 spiro atoms. The number of carboxylic acid groups (broad SMARTS) is 1. The molecule has 3 aromatic rings. The number of carbonyl (C=O) groups is 1. The summed E-state index contributed by atoms with van der Waals surface area (Å²) < 4.78 is 1.93. The second kappa shape index (κ2) is 12.3. The van der Waals surface area contributed by atoms with Gasteiger partial charge in [0.2, 0.25) is 12.1 Å². The van der Waals surface area contributed by atoms with Gasteiger partial charge in [0.15, 0.2) is 6.20 Å². The van der Waals surface area contributed by atoms with Crippen molar-refractivity contribution >= 4 is 34.2 Å². The molecule has 4 rings (SSSR count). The summed E-state index contributed by atoms with van der Waals surface area (Å²) in [6.45, 7) is 4.34. The fraction of sp³-hybridized carbons (Fsp3) is 0.172. The normalized spacial score (nSPS) is 13.3. The van der Waals surface area contributed by atoms with Gasteiger partial charge in [-0.25, -0.2) is 0 Å². The Morgan fingerprint density at radius 2 is 1.86 bits per heavy atom. The minimum absolute atomic E-state index is 0. The van der Waals surface area contributed by atoms with Crippen molar-refractivity contribution in [3.63, 3.8) is 0 Å². The third kappa shape index (κ3) is 6.25. The van der Waals surface area contributed by atoms with Gasteiger partial charge in [0.1, 0.15) is 5.76 Å².